The molecule has 0 radical (unpaired) electrons. The van der Waals surface area contributed by atoms with Crippen molar-refractivity contribution in [2.75, 3.05) is 33.0 Å². The van der Waals surface area contributed by atoms with Crippen LogP contribution in [0, 0.1) is 11.7 Å². The molecule has 3 aliphatic rings. The van der Waals surface area contributed by atoms with E-state index in [1.54, 1.807) is 24.3 Å². The molecule has 0 bridgehead atoms. The van der Waals surface area contributed by atoms with Crippen molar-refractivity contribution in [3.05, 3.63) is 59.4 Å². The molecule has 1 aliphatic carbocycles. The Morgan fingerprint density at radius 1 is 1.00 bits per heavy atom. The van der Waals surface area contributed by atoms with Gasteiger partial charge in [-0.25, -0.2) is 4.39 Å². The Labute approximate surface area is 198 Å². The highest BCUT2D eigenvalue weighted by molar-refractivity contribution is 5.95. The number of fused-ring (bicyclic) bond motifs is 1. The first-order chi connectivity index (χ1) is 16.6. The second-order valence-corrected chi connectivity index (χ2v) is 9.23. The van der Waals surface area contributed by atoms with Crippen molar-refractivity contribution in [1.29, 1.82) is 0 Å². The number of rotatable bonds is 6. The topological polar surface area (TPSA) is 71.1 Å². The molecule has 2 aromatic rings. The predicted octanol–water partition coefficient (Wildman–Crippen LogP) is 3.19. The molecule has 8 heteroatoms. The number of hydrogen-bond donors (Lipinski definition) is 1. The van der Waals surface area contributed by atoms with Gasteiger partial charge >= 0.3 is 0 Å². The number of benzene rings is 2. The standard InChI is InChI=1S/C26H30FN3O4/c27-21-7-3-4-18(14-21)16-28-25(31)24(19-5-1-2-6-19)29-10-12-30(13-11-29)26(32)20-8-9-22-23(15-20)34-17-33-22/h3-4,7-9,14-15,19,24H,1-2,5-6,10-13,16-17H2,(H,28,31). The first-order valence-corrected chi connectivity index (χ1v) is 12.0. The van der Waals surface area contributed by atoms with Crippen LogP contribution in [-0.4, -0.2) is 60.6 Å². The van der Waals surface area contributed by atoms with E-state index in [1.165, 1.54) is 12.1 Å². The van der Waals surface area contributed by atoms with Gasteiger partial charge in [0.25, 0.3) is 5.91 Å². The molecule has 2 heterocycles. The van der Waals surface area contributed by atoms with Gasteiger partial charge in [-0.1, -0.05) is 25.0 Å². The lowest BCUT2D eigenvalue weighted by molar-refractivity contribution is -0.129. The van der Waals surface area contributed by atoms with E-state index in [0.717, 1.165) is 31.2 Å². The minimum absolute atomic E-state index is 0.00768. The van der Waals surface area contributed by atoms with Gasteiger partial charge in [-0.05, 0) is 54.7 Å². The number of nitrogens with one attached hydrogen (secondary N) is 1. The number of piperazine rings is 1. The number of halogens is 1. The van der Waals surface area contributed by atoms with Crippen LogP contribution in [0.5, 0.6) is 11.5 Å². The number of carbonyl (C=O) groups is 2. The first kappa shape index (κ1) is 22.7. The summed E-state index contributed by atoms with van der Waals surface area (Å²) >= 11 is 0. The van der Waals surface area contributed by atoms with Crippen LogP contribution in [0.4, 0.5) is 4.39 Å². The molecule has 7 nitrogen and oxygen atoms in total. The lowest BCUT2D eigenvalue weighted by atomic mass is 9.94. The van der Waals surface area contributed by atoms with Gasteiger partial charge in [0.1, 0.15) is 5.82 Å². The molecule has 0 spiro atoms. The van der Waals surface area contributed by atoms with Gasteiger partial charge in [0.05, 0.1) is 6.04 Å². The molecule has 5 rings (SSSR count). The molecule has 2 aromatic carbocycles. The second kappa shape index (κ2) is 10.0. The van der Waals surface area contributed by atoms with Gasteiger partial charge in [0.2, 0.25) is 12.7 Å². The molecular weight excluding hydrogens is 437 g/mol. The zero-order valence-corrected chi connectivity index (χ0v) is 19.2. The van der Waals surface area contributed by atoms with Crippen molar-refractivity contribution >= 4 is 11.8 Å². The van der Waals surface area contributed by atoms with E-state index < -0.39 is 0 Å². The Morgan fingerprint density at radius 3 is 2.53 bits per heavy atom. The predicted molar refractivity (Wildman–Crippen MR) is 124 cm³/mol. The maximum Gasteiger partial charge on any atom is 0.254 e. The van der Waals surface area contributed by atoms with Crippen molar-refractivity contribution in [3.63, 3.8) is 0 Å². The fourth-order valence-electron chi connectivity index (χ4n) is 5.31. The third kappa shape index (κ3) is 4.87. The van der Waals surface area contributed by atoms with E-state index in [4.69, 9.17) is 9.47 Å². The SMILES string of the molecule is O=C(NCc1cccc(F)c1)C(C1CCCC1)N1CCN(C(=O)c2ccc3c(c2)OCO3)CC1. The molecule has 2 aliphatic heterocycles. The molecule has 0 aromatic heterocycles. The number of hydrogen-bond acceptors (Lipinski definition) is 5. The number of carbonyl (C=O) groups excluding carboxylic acids is 2. The van der Waals surface area contributed by atoms with E-state index in [2.05, 4.69) is 10.2 Å². The van der Waals surface area contributed by atoms with E-state index in [-0.39, 0.29) is 30.5 Å². The minimum Gasteiger partial charge on any atom is -0.454 e. The lowest BCUT2D eigenvalue weighted by Crippen LogP contribution is -2.57. The molecule has 2 amide bonds. The maximum absolute atomic E-state index is 13.5. The van der Waals surface area contributed by atoms with Gasteiger partial charge in [0.15, 0.2) is 11.5 Å². The smallest absolute Gasteiger partial charge is 0.254 e. The molecule has 180 valence electrons. The highest BCUT2D eigenvalue weighted by Gasteiger charge is 2.37. The van der Waals surface area contributed by atoms with E-state index in [9.17, 15) is 14.0 Å². The number of ether oxygens (including phenoxy) is 2. The summed E-state index contributed by atoms with van der Waals surface area (Å²) in [6.07, 6.45) is 4.35. The van der Waals surface area contributed by atoms with Crippen LogP contribution in [0.3, 0.4) is 0 Å². The maximum atomic E-state index is 13.5. The summed E-state index contributed by atoms with van der Waals surface area (Å²) in [6, 6.07) is 11.4. The zero-order valence-electron chi connectivity index (χ0n) is 19.2. The fraction of sp³-hybridized carbons (Fsp3) is 0.462. The summed E-state index contributed by atoms with van der Waals surface area (Å²) in [7, 11) is 0. The normalized spacial score (nSPS) is 19.3. The van der Waals surface area contributed by atoms with Crippen molar-refractivity contribution in [1.82, 2.24) is 15.1 Å². The van der Waals surface area contributed by atoms with Crippen LogP contribution in [0.2, 0.25) is 0 Å². The third-order valence-corrected chi connectivity index (χ3v) is 7.09. The largest absolute Gasteiger partial charge is 0.454 e. The summed E-state index contributed by atoms with van der Waals surface area (Å²) in [5, 5.41) is 3.03. The van der Waals surface area contributed by atoms with Gasteiger partial charge in [-0.3, -0.25) is 14.5 Å². The van der Waals surface area contributed by atoms with Crippen LogP contribution in [0.25, 0.3) is 0 Å². The molecule has 1 saturated heterocycles. The van der Waals surface area contributed by atoms with Gasteiger partial charge in [-0.2, -0.15) is 0 Å². The Balaban J connectivity index is 1.22. The quantitative estimate of drug-likeness (QED) is 0.707. The van der Waals surface area contributed by atoms with Crippen molar-refractivity contribution in [2.45, 2.75) is 38.3 Å². The Kier molecular flexibility index (Phi) is 6.67. The number of amides is 2. The van der Waals surface area contributed by atoms with Gasteiger partial charge < -0.3 is 19.7 Å². The van der Waals surface area contributed by atoms with Crippen LogP contribution in [0.1, 0.15) is 41.6 Å². The van der Waals surface area contributed by atoms with Crippen LogP contribution in [-0.2, 0) is 11.3 Å². The van der Waals surface area contributed by atoms with Crippen molar-refractivity contribution < 1.29 is 23.5 Å². The van der Waals surface area contributed by atoms with Gasteiger partial charge in [0, 0.05) is 38.3 Å². The van der Waals surface area contributed by atoms with Crippen molar-refractivity contribution in [3.8, 4) is 11.5 Å². The molecule has 34 heavy (non-hydrogen) atoms. The van der Waals surface area contributed by atoms with E-state index >= 15 is 0 Å². The Hall–Kier alpha value is -3.13. The lowest BCUT2D eigenvalue weighted by Gasteiger charge is -2.40. The third-order valence-electron chi connectivity index (χ3n) is 7.09. The molecular formula is C26H30FN3O4. The summed E-state index contributed by atoms with van der Waals surface area (Å²) in [6.45, 7) is 2.90. The molecule has 1 unspecified atom stereocenters. The van der Waals surface area contributed by atoms with Crippen LogP contribution in [0.15, 0.2) is 42.5 Å². The van der Waals surface area contributed by atoms with E-state index in [1.807, 2.05) is 11.0 Å². The Bertz CT molecular complexity index is 1050. The first-order valence-electron chi connectivity index (χ1n) is 12.0. The second-order valence-electron chi connectivity index (χ2n) is 9.23. The summed E-state index contributed by atoms with van der Waals surface area (Å²) in [5.41, 5.74) is 1.33. The summed E-state index contributed by atoms with van der Waals surface area (Å²) in [4.78, 5) is 30.4. The summed E-state index contributed by atoms with van der Waals surface area (Å²) < 4.78 is 24.2. The summed E-state index contributed by atoms with van der Waals surface area (Å²) in [5.74, 6) is 1.22. The monoisotopic (exact) mass is 467 g/mol. The van der Waals surface area contributed by atoms with Crippen molar-refractivity contribution in [2.24, 2.45) is 5.92 Å². The average molecular weight is 468 g/mol. The number of nitrogens with zero attached hydrogens (tertiary/aromatic N) is 2. The Morgan fingerprint density at radius 2 is 1.76 bits per heavy atom. The zero-order chi connectivity index (χ0) is 23.5. The molecule has 2 fully saturated rings. The van der Waals surface area contributed by atoms with Crippen LogP contribution < -0.4 is 14.8 Å². The highest BCUT2D eigenvalue weighted by Crippen LogP contribution is 2.33. The molecule has 1 atom stereocenters. The molecule has 1 N–H and O–H groups in total. The molecule has 1 saturated carbocycles. The van der Waals surface area contributed by atoms with E-state index in [0.29, 0.717) is 55.7 Å². The highest BCUT2D eigenvalue weighted by atomic mass is 19.1. The minimum atomic E-state index is -0.303. The van der Waals surface area contributed by atoms with Gasteiger partial charge in [-0.15, -0.1) is 0 Å². The fourth-order valence-corrected chi connectivity index (χ4v) is 5.31. The average Bonchev–Trinajstić information content (AvgIpc) is 3.55. The van der Waals surface area contributed by atoms with Crippen LogP contribution >= 0.6 is 0 Å².